The molecule has 0 amide bonds. The van der Waals surface area contributed by atoms with Crippen LogP contribution in [0.15, 0.2) is 28.5 Å². The van der Waals surface area contributed by atoms with E-state index in [4.69, 9.17) is 10.6 Å². The first kappa shape index (κ1) is 19.6. The Kier molecular flexibility index (Phi) is 5.10. The van der Waals surface area contributed by atoms with Crippen molar-refractivity contribution in [1.29, 1.82) is 0 Å². The number of nitrogens with two attached hydrogens (primary N) is 1. The summed E-state index contributed by atoms with van der Waals surface area (Å²) in [6, 6.07) is 2.81. The third kappa shape index (κ3) is 3.51. The second-order valence-electron chi connectivity index (χ2n) is 7.71. The molecule has 1 aromatic carbocycles. The molecule has 2 N–H and O–H groups in total. The molecule has 0 aromatic heterocycles. The van der Waals surface area contributed by atoms with E-state index >= 15 is 0 Å². The van der Waals surface area contributed by atoms with E-state index in [-0.39, 0.29) is 17.6 Å². The van der Waals surface area contributed by atoms with Gasteiger partial charge in [-0.3, -0.25) is 4.90 Å². The minimum Gasteiger partial charge on any atom is -0.369 e. The van der Waals surface area contributed by atoms with Crippen LogP contribution in [0.1, 0.15) is 18.1 Å². The van der Waals surface area contributed by atoms with E-state index in [1.165, 1.54) is 10.6 Å². The summed E-state index contributed by atoms with van der Waals surface area (Å²) in [5, 5.41) is 7.36. The molecule has 5 atom stereocenters. The van der Waals surface area contributed by atoms with E-state index in [1.54, 1.807) is 0 Å². The van der Waals surface area contributed by atoms with Crippen LogP contribution in [-0.4, -0.2) is 68.2 Å². The van der Waals surface area contributed by atoms with Crippen LogP contribution in [0.3, 0.4) is 0 Å². The van der Waals surface area contributed by atoms with Crippen LogP contribution in [-0.2, 0) is 14.8 Å². The Hall–Kier alpha value is -1.69. The Morgan fingerprint density at radius 1 is 1.25 bits per heavy atom. The van der Waals surface area contributed by atoms with E-state index < -0.39 is 33.8 Å². The lowest BCUT2D eigenvalue weighted by Gasteiger charge is -2.50. The van der Waals surface area contributed by atoms with Gasteiger partial charge in [0.2, 0.25) is 10.0 Å². The molecule has 0 aliphatic carbocycles. The molecule has 0 radical (unpaired) electrons. The van der Waals surface area contributed by atoms with Gasteiger partial charge in [-0.1, -0.05) is 5.22 Å². The summed E-state index contributed by atoms with van der Waals surface area (Å²) in [7, 11) is -3.21. The standard InChI is InChI=1S/C17H23F2N5O3S/c1-28(25,26)23-6-10-7-24(16(10)8-23)12-5-15(21-22-20)17(27-9-12)13-4-11(18)2-3-14(13)19/h2-4,10,12,15-17H,5-9H2,1H3,(H2,20,21)/t10?,12-,15+,16?,17-/m1/s1. The van der Waals surface area contributed by atoms with Gasteiger partial charge in [0.1, 0.15) is 23.8 Å². The van der Waals surface area contributed by atoms with Crippen molar-refractivity contribution in [3.8, 4) is 0 Å². The average Bonchev–Trinajstić information content (AvgIpc) is 2.95. The highest BCUT2D eigenvalue weighted by atomic mass is 32.2. The number of rotatable bonds is 4. The summed E-state index contributed by atoms with van der Waals surface area (Å²) >= 11 is 0. The van der Waals surface area contributed by atoms with E-state index in [1.807, 2.05) is 0 Å². The monoisotopic (exact) mass is 415 g/mol. The molecule has 8 nitrogen and oxygen atoms in total. The molecule has 3 saturated heterocycles. The molecule has 3 aliphatic rings. The summed E-state index contributed by atoms with van der Waals surface area (Å²) < 4.78 is 58.8. The fourth-order valence-corrected chi connectivity index (χ4v) is 5.47. The lowest BCUT2D eigenvalue weighted by molar-refractivity contribution is -0.0942. The molecule has 2 unspecified atom stereocenters. The topological polar surface area (TPSA) is 101 Å². The molecule has 3 fully saturated rings. The third-order valence-corrected chi connectivity index (χ3v) is 7.23. The van der Waals surface area contributed by atoms with Gasteiger partial charge >= 0.3 is 0 Å². The first-order valence-corrected chi connectivity index (χ1v) is 11.0. The Bertz CT molecular complexity index is 884. The van der Waals surface area contributed by atoms with Crippen molar-refractivity contribution >= 4 is 10.0 Å². The van der Waals surface area contributed by atoms with Crippen molar-refractivity contribution in [3.63, 3.8) is 0 Å². The lowest BCUT2D eigenvalue weighted by Crippen LogP contribution is -2.62. The first-order chi connectivity index (χ1) is 13.3. The molecule has 0 spiro atoms. The minimum absolute atomic E-state index is 0.0101. The average molecular weight is 415 g/mol. The largest absolute Gasteiger partial charge is 0.369 e. The zero-order chi connectivity index (χ0) is 20.1. The number of ether oxygens (including phenoxy) is 1. The molecule has 0 bridgehead atoms. The van der Waals surface area contributed by atoms with Crippen molar-refractivity contribution in [2.75, 3.05) is 32.5 Å². The maximum atomic E-state index is 14.2. The van der Waals surface area contributed by atoms with Gasteiger partial charge in [-0.2, -0.15) is 5.11 Å². The second-order valence-corrected chi connectivity index (χ2v) is 9.69. The van der Waals surface area contributed by atoms with Crippen LogP contribution < -0.4 is 5.84 Å². The van der Waals surface area contributed by atoms with Crippen LogP contribution in [0.5, 0.6) is 0 Å². The maximum absolute atomic E-state index is 14.2. The first-order valence-electron chi connectivity index (χ1n) is 9.15. The number of hydrogen-bond acceptors (Lipinski definition) is 6. The SMILES string of the molecule is CS(=O)(=O)N1CC2CN([C@H]3CO[C@H](c4cc(F)ccc4F)[C@@H](N=NN)C3)C2C1. The molecule has 4 rings (SSSR count). The Morgan fingerprint density at radius 2 is 2.04 bits per heavy atom. The van der Waals surface area contributed by atoms with E-state index in [0.29, 0.717) is 32.0 Å². The highest BCUT2D eigenvalue weighted by Gasteiger charge is 2.51. The normalized spacial score (nSPS) is 34.5. The summed E-state index contributed by atoms with van der Waals surface area (Å²) in [5.74, 6) is 4.43. The molecule has 11 heteroatoms. The number of benzene rings is 1. The highest BCUT2D eigenvalue weighted by molar-refractivity contribution is 7.88. The van der Waals surface area contributed by atoms with Gasteiger partial charge in [0.05, 0.1) is 12.9 Å². The van der Waals surface area contributed by atoms with Crippen LogP contribution in [0, 0.1) is 17.6 Å². The number of likely N-dealkylation sites (tertiary alicyclic amines) is 1. The van der Waals surface area contributed by atoms with E-state index in [0.717, 1.165) is 24.7 Å². The highest BCUT2D eigenvalue weighted by Crippen LogP contribution is 2.40. The van der Waals surface area contributed by atoms with Gasteiger partial charge in [-0.15, -0.1) is 0 Å². The van der Waals surface area contributed by atoms with E-state index in [9.17, 15) is 17.2 Å². The molecule has 0 saturated carbocycles. The molecule has 1 aromatic rings. The van der Waals surface area contributed by atoms with Crippen molar-refractivity contribution in [2.24, 2.45) is 22.1 Å². The summed E-state index contributed by atoms with van der Waals surface area (Å²) in [6.07, 6.45) is 0.970. The third-order valence-electron chi connectivity index (χ3n) is 5.99. The molecular formula is C17H23F2N5O3S. The number of halogens is 2. The van der Waals surface area contributed by atoms with Crippen molar-refractivity contribution in [3.05, 3.63) is 35.4 Å². The van der Waals surface area contributed by atoms with Crippen molar-refractivity contribution in [1.82, 2.24) is 9.21 Å². The quantitative estimate of drug-likeness (QED) is 0.450. The van der Waals surface area contributed by atoms with Crippen molar-refractivity contribution < 1.29 is 21.9 Å². The number of nitrogens with zero attached hydrogens (tertiary/aromatic N) is 4. The van der Waals surface area contributed by atoms with Gasteiger partial charge in [-0.25, -0.2) is 21.5 Å². The number of fused-ring (bicyclic) bond motifs is 1. The van der Waals surface area contributed by atoms with Crippen LogP contribution in [0.4, 0.5) is 8.78 Å². The number of hydrogen-bond donors (Lipinski definition) is 1. The van der Waals surface area contributed by atoms with E-state index in [2.05, 4.69) is 15.2 Å². The van der Waals surface area contributed by atoms with Gasteiger partial charge in [-0.05, 0) is 24.6 Å². The minimum atomic E-state index is -3.21. The molecule has 28 heavy (non-hydrogen) atoms. The van der Waals surface area contributed by atoms with Crippen LogP contribution >= 0.6 is 0 Å². The summed E-state index contributed by atoms with van der Waals surface area (Å²) in [4.78, 5) is 2.22. The summed E-state index contributed by atoms with van der Waals surface area (Å²) in [5.41, 5.74) is 0.0986. The van der Waals surface area contributed by atoms with Crippen LogP contribution in [0.2, 0.25) is 0 Å². The van der Waals surface area contributed by atoms with Crippen LogP contribution in [0.25, 0.3) is 0 Å². The molecule has 3 aliphatic heterocycles. The lowest BCUT2D eigenvalue weighted by atomic mass is 9.86. The fraction of sp³-hybridized carbons (Fsp3) is 0.647. The van der Waals surface area contributed by atoms with Gasteiger partial charge in [0, 0.05) is 43.2 Å². The predicted molar refractivity (Wildman–Crippen MR) is 96.7 cm³/mol. The number of sulfonamides is 1. The Morgan fingerprint density at radius 3 is 2.75 bits per heavy atom. The van der Waals surface area contributed by atoms with Gasteiger partial charge in [0.15, 0.2) is 0 Å². The summed E-state index contributed by atoms with van der Waals surface area (Å²) in [6.45, 7) is 2.09. The zero-order valence-corrected chi connectivity index (χ0v) is 16.2. The zero-order valence-electron chi connectivity index (χ0n) is 15.4. The fourth-order valence-electron chi connectivity index (χ4n) is 4.58. The molecule has 154 valence electrons. The molecule has 3 heterocycles. The van der Waals surface area contributed by atoms with Gasteiger partial charge < -0.3 is 10.6 Å². The Balaban J connectivity index is 1.48. The predicted octanol–water partition coefficient (Wildman–Crippen LogP) is 1.06. The smallest absolute Gasteiger partial charge is 0.211 e. The molecular weight excluding hydrogens is 392 g/mol. The van der Waals surface area contributed by atoms with Crippen molar-refractivity contribution in [2.45, 2.75) is 30.7 Å². The van der Waals surface area contributed by atoms with Gasteiger partial charge in [0.25, 0.3) is 0 Å². The Labute approximate surface area is 162 Å². The maximum Gasteiger partial charge on any atom is 0.211 e. The second kappa shape index (κ2) is 7.29.